The van der Waals surface area contributed by atoms with Crippen LogP contribution in [0, 0.1) is 0 Å². The van der Waals surface area contributed by atoms with Gasteiger partial charge in [0.15, 0.2) is 0 Å². The van der Waals surface area contributed by atoms with Gasteiger partial charge in [-0.1, -0.05) is 42.5 Å². The molecule has 8 nitrogen and oxygen atoms in total. The van der Waals surface area contributed by atoms with E-state index in [0.717, 1.165) is 16.9 Å². The zero-order valence-electron chi connectivity index (χ0n) is 22.8. The average Bonchev–Trinajstić information content (AvgIpc) is 3.70. The van der Waals surface area contributed by atoms with E-state index < -0.39 is 17.7 Å². The van der Waals surface area contributed by atoms with Crippen LogP contribution < -0.4 is 9.47 Å². The van der Waals surface area contributed by atoms with Crippen LogP contribution in [0.4, 0.5) is 0 Å². The van der Waals surface area contributed by atoms with Crippen molar-refractivity contribution in [2.75, 3.05) is 6.54 Å². The van der Waals surface area contributed by atoms with Crippen LogP contribution >= 0.6 is 0 Å². The highest BCUT2D eigenvalue weighted by molar-refractivity contribution is 6.46. The lowest BCUT2D eigenvalue weighted by Gasteiger charge is -2.26. The molecule has 1 saturated heterocycles. The highest BCUT2D eigenvalue weighted by Crippen LogP contribution is 2.41. The fourth-order valence-electron chi connectivity index (χ4n) is 5.54. The number of nitrogens with zero attached hydrogens (tertiary/aromatic N) is 3. The number of carbonyl (C=O) groups excluding carboxylic acids is 2. The number of likely N-dealkylation sites (tertiary alicyclic amines) is 1. The Bertz CT molecular complexity index is 1600. The Hall–Kier alpha value is -4.85. The van der Waals surface area contributed by atoms with Crippen molar-refractivity contribution in [3.63, 3.8) is 0 Å². The second kappa shape index (κ2) is 11.3. The standard InChI is InChI=1S/C33H31N3O5/c1-22-17-26-18-25(11-12-28(26)41-22)31(37)29-30(36(33(39)32(29)38)15-6-14-35-16-13-34-21-35)24-9-5-10-27(19-24)40-20-23-7-3-2-4-8-23/h2-5,7-13,16,18-19,21-22,30,37H,6,14-15,17,20H2,1H3. The first-order chi connectivity index (χ1) is 20.0. The largest absolute Gasteiger partial charge is 0.507 e. The Balaban J connectivity index is 1.35. The molecule has 0 radical (unpaired) electrons. The number of hydrogen-bond acceptors (Lipinski definition) is 6. The van der Waals surface area contributed by atoms with Gasteiger partial charge in [0.1, 0.15) is 30.0 Å². The summed E-state index contributed by atoms with van der Waals surface area (Å²) in [5.74, 6) is -0.136. The number of imidazole rings is 1. The molecule has 208 valence electrons. The Kier molecular flexibility index (Phi) is 7.29. The maximum absolute atomic E-state index is 13.5. The van der Waals surface area contributed by atoms with Gasteiger partial charge in [0.25, 0.3) is 11.7 Å². The summed E-state index contributed by atoms with van der Waals surface area (Å²) in [6.07, 6.45) is 6.65. The second-order valence-electron chi connectivity index (χ2n) is 10.4. The number of aliphatic hydroxyl groups excluding tert-OH is 1. The van der Waals surface area contributed by atoms with E-state index in [2.05, 4.69) is 4.98 Å². The Labute approximate surface area is 238 Å². The quantitative estimate of drug-likeness (QED) is 0.173. The maximum atomic E-state index is 13.5. The third-order valence-corrected chi connectivity index (χ3v) is 7.51. The van der Waals surface area contributed by atoms with Crippen molar-refractivity contribution in [2.24, 2.45) is 0 Å². The van der Waals surface area contributed by atoms with Gasteiger partial charge in [-0.3, -0.25) is 9.59 Å². The second-order valence-corrected chi connectivity index (χ2v) is 10.4. The number of aliphatic hydroxyl groups is 1. The minimum absolute atomic E-state index is 0.0436. The summed E-state index contributed by atoms with van der Waals surface area (Å²) < 4.78 is 13.8. The molecule has 2 aliphatic heterocycles. The van der Waals surface area contributed by atoms with Crippen LogP contribution in [0.5, 0.6) is 11.5 Å². The molecular weight excluding hydrogens is 518 g/mol. The molecule has 1 N–H and O–H groups in total. The molecule has 0 saturated carbocycles. The molecule has 0 spiro atoms. The summed E-state index contributed by atoms with van der Waals surface area (Å²) >= 11 is 0. The van der Waals surface area contributed by atoms with E-state index in [1.54, 1.807) is 23.5 Å². The summed E-state index contributed by atoms with van der Waals surface area (Å²) in [4.78, 5) is 32.6. The molecule has 1 fully saturated rings. The lowest BCUT2D eigenvalue weighted by molar-refractivity contribution is -0.139. The molecule has 41 heavy (non-hydrogen) atoms. The van der Waals surface area contributed by atoms with Crippen molar-refractivity contribution in [3.8, 4) is 11.5 Å². The molecule has 3 aromatic carbocycles. The van der Waals surface area contributed by atoms with Gasteiger partial charge in [0.2, 0.25) is 0 Å². The van der Waals surface area contributed by atoms with Gasteiger partial charge in [-0.15, -0.1) is 0 Å². The predicted octanol–water partition coefficient (Wildman–Crippen LogP) is 5.30. The van der Waals surface area contributed by atoms with Gasteiger partial charge in [0, 0.05) is 37.5 Å². The van der Waals surface area contributed by atoms with Crippen molar-refractivity contribution in [2.45, 2.75) is 45.1 Å². The fourth-order valence-corrected chi connectivity index (χ4v) is 5.54. The summed E-state index contributed by atoms with van der Waals surface area (Å²) in [7, 11) is 0. The number of ketones is 1. The summed E-state index contributed by atoms with van der Waals surface area (Å²) in [6.45, 7) is 3.33. The molecular formula is C33H31N3O5. The van der Waals surface area contributed by atoms with Gasteiger partial charge < -0.3 is 24.0 Å². The zero-order chi connectivity index (χ0) is 28.3. The van der Waals surface area contributed by atoms with Crippen molar-refractivity contribution < 1.29 is 24.2 Å². The van der Waals surface area contributed by atoms with Crippen LogP contribution in [-0.2, 0) is 29.2 Å². The highest BCUT2D eigenvalue weighted by Gasteiger charge is 2.46. The summed E-state index contributed by atoms with van der Waals surface area (Å²) in [5, 5.41) is 11.5. The van der Waals surface area contributed by atoms with Gasteiger partial charge >= 0.3 is 0 Å². The molecule has 0 aliphatic carbocycles. The third-order valence-electron chi connectivity index (χ3n) is 7.51. The van der Waals surface area contributed by atoms with Crippen LogP contribution in [0.1, 0.15) is 41.6 Å². The summed E-state index contributed by atoms with van der Waals surface area (Å²) in [5.41, 5.74) is 3.24. The number of benzene rings is 3. The highest BCUT2D eigenvalue weighted by atomic mass is 16.5. The van der Waals surface area contributed by atoms with Crippen LogP contribution in [0.25, 0.3) is 5.76 Å². The minimum Gasteiger partial charge on any atom is -0.507 e. The number of aryl methyl sites for hydroxylation is 1. The van der Waals surface area contributed by atoms with Crippen LogP contribution in [0.2, 0.25) is 0 Å². The van der Waals surface area contributed by atoms with E-state index in [1.165, 1.54) is 0 Å². The monoisotopic (exact) mass is 549 g/mol. The first-order valence-electron chi connectivity index (χ1n) is 13.8. The molecule has 2 atom stereocenters. The zero-order valence-corrected chi connectivity index (χ0v) is 22.8. The number of ether oxygens (including phenoxy) is 2. The molecule has 2 unspecified atom stereocenters. The Morgan fingerprint density at radius 2 is 1.90 bits per heavy atom. The molecule has 4 aromatic rings. The number of fused-ring (bicyclic) bond motifs is 1. The first-order valence-corrected chi connectivity index (χ1v) is 13.8. The maximum Gasteiger partial charge on any atom is 0.295 e. The number of carbonyl (C=O) groups is 2. The van der Waals surface area contributed by atoms with Crippen molar-refractivity contribution >= 4 is 17.4 Å². The van der Waals surface area contributed by atoms with Crippen molar-refractivity contribution in [1.82, 2.24) is 14.5 Å². The van der Waals surface area contributed by atoms with Gasteiger partial charge in [-0.25, -0.2) is 4.98 Å². The molecule has 2 aliphatic rings. The van der Waals surface area contributed by atoms with E-state index in [1.807, 2.05) is 84.4 Å². The minimum atomic E-state index is -0.763. The van der Waals surface area contributed by atoms with E-state index in [-0.39, 0.29) is 17.4 Å². The molecule has 0 bridgehead atoms. The lowest BCUT2D eigenvalue weighted by atomic mass is 9.94. The van der Waals surface area contributed by atoms with Crippen molar-refractivity contribution in [1.29, 1.82) is 0 Å². The predicted molar refractivity (Wildman–Crippen MR) is 153 cm³/mol. The van der Waals surface area contributed by atoms with Crippen molar-refractivity contribution in [3.05, 3.63) is 119 Å². The number of rotatable bonds is 9. The van der Waals surface area contributed by atoms with E-state index in [9.17, 15) is 14.7 Å². The topological polar surface area (TPSA) is 93.9 Å². The molecule has 3 heterocycles. The first kappa shape index (κ1) is 26.4. The SMILES string of the molecule is CC1Cc2cc(C(O)=C3C(=O)C(=O)N(CCCn4ccnc4)C3c3cccc(OCc4ccccc4)c3)ccc2O1. The molecule has 6 rings (SSSR count). The van der Waals surface area contributed by atoms with Crippen LogP contribution in [0.15, 0.2) is 97.1 Å². The smallest absolute Gasteiger partial charge is 0.295 e. The van der Waals surface area contributed by atoms with E-state index in [4.69, 9.17) is 9.47 Å². The molecule has 8 heteroatoms. The Morgan fingerprint density at radius 1 is 1.05 bits per heavy atom. The van der Waals surface area contributed by atoms with Crippen LogP contribution in [-0.4, -0.2) is 43.9 Å². The molecule has 1 amide bonds. The normalized spacial score (nSPS) is 19.3. The number of Topliss-reactive ketones (excluding diaryl/α,β-unsaturated/α-hetero) is 1. The fraction of sp³-hybridized carbons (Fsp3) is 0.242. The summed E-state index contributed by atoms with van der Waals surface area (Å²) in [6, 6.07) is 21.9. The number of hydrogen-bond donors (Lipinski definition) is 1. The third kappa shape index (κ3) is 5.45. The molecule has 1 aromatic heterocycles. The van der Waals surface area contributed by atoms with Crippen LogP contribution in [0.3, 0.4) is 0 Å². The number of amides is 1. The van der Waals surface area contributed by atoms with E-state index in [0.29, 0.717) is 49.4 Å². The van der Waals surface area contributed by atoms with Gasteiger partial charge in [-0.05, 0) is 60.4 Å². The average molecular weight is 550 g/mol. The number of aromatic nitrogens is 2. The van der Waals surface area contributed by atoms with Gasteiger partial charge in [-0.2, -0.15) is 0 Å². The van der Waals surface area contributed by atoms with E-state index >= 15 is 0 Å². The lowest BCUT2D eigenvalue weighted by Crippen LogP contribution is -2.31. The Morgan fingerprint density at radius 3 is 2.71 bits per heavy atom. The van der Waals surface area contributed by atoms with Gasteiger partial charge in [0.05, 0.1) is 17.9 Å².